The van der Waals surface area contributed by atoms with E-state index in [1.165, 1.54) is 12.3 Å². The van der Waals surface area contributed by atoms with Crippen LogP contribution < -0.4 is 20.8 Å². The Bertz CT molecular complexity index is 958. The van der Waals surface area contributed by atoms with Crippen LogP contribution in [0.3, 0.4) is 0 Å². The molecule has 0 aromatic heterocycles. The van der Waals surface area contributed by atoms with Crippen LogP contribution in [0.2, 0.25) is 5.02 Å². The number of nitrogens with zero attached hydrogens (tertiary/aromatic N) is 1. The van der Waals surface area contributed by atoms with Gasteiger partial charge in [0, 0.05) is 17.3 Å². The zero-order valence-electron chi connectivity index (χ0n) is 16.3. The van der Waals surface area contributed by atoms with Gasteiger partial charge in [-0.1, -0.05) is 23.7 Å². The highest BCUT2D eigenvalue weighted by Crippen LogP contribution is 2.22. The summed E-state index contributed by atoms with van der Waals surface area (Å²) in [4.78, 5) is 34.9. The number of hydrazone groups is 1. The van der Waals surface area contributed by atoms with E-state index in [-0.39, 0.29) is 19.1 Å². The topological polar surface area (TPSA) is 109 Å². The van der Waals surface area contributed by atoms with Crippen LogP contribution in [0.4, 0.5) is 5.69 Å². The van der Waals surface area contributed by atoms with Crippen molar-refractivity contribution in [1.82, 2.24) is 10.7 Å². The number of carbonyl (C=O) groups is 3. The smallest absolute Gasteiger partial charge is 0.329 e. The summed E-state index contributed by atoms with van der Waals surface area (Å²) < 4.78 is 5.46. The SMILES string of the molecule is C=CCNC(=O)C(=O)N/N=C\c1ccc(OCC(=O)Nc2cccc(Cl)c2C)cc1. The first-order chi connectivity index (χ1) is 14.4. The lowest BCUT2D eigenvalue weighted by Gasteiger charge is -2.10. The van der Waals surface area contributed by atoms with E-state index in [4.69, 9.17) is 16.3 Å². The maximum atomic E-state index is 12.1. The Balaban J connectivity index is 1.80. The standard InChI is InChI=1S/C21H21ClN4O4/c1-3-11-23-20(28)21(29)26-24-12-15-7-9-16(10-8-15)30-13-19(27)25-18-6-4-5-17(22)14(18)2/h3-10,12H,1,11,13H2,2H3,(H,23,28)(H,25,27)(H,26,29)/b24-12-. The van der Waals surface area contributed by atoms with Crippen LogP contribution >= 0.6 is 11.6 Å². The molecule has 0 heterocycles. The Morgan fingerprint density at radius 2 is 1.87 bits per heavy atom. The molecular weight excluding hydrogens is 408 g/mol. The molecule has 156 valence electrons. The first-order valence-corrected chi connectivity index (χ1v) is 9.28. The van der Waals surface area contributed by atoms with Crippen molar-refractivity contribution in [3.8, 4) is 5.75 Å². The summed E-state index contributed by atoms with van der Waals surface area (Å²) >= 11 is 6.03. The number of rotatable bonds is 8. The van der Waals surface area contributed by atoms with Gasteiger partial charge >= 0.3 is 11.8 Å². The van der Waals surface area contributed by atoms with Crippen LogP contribution in [0.5, 0.6) is 5.75 Å². The fraction of sp³-hybridized carbons (Fsp3) is 0.143. The zero-order valence-corrected chi connectivity index (χ0v) is 17.0. The van der Waals surface area contributed by atoms with Gasteiger partial charge in [-0.25, -0.2) is 5.43 Å². The van der Waals surface area contributed by atoms with Gasteiger partial charge in [0.2, 0.25) is 0 Å². The van der Waals surface area contributed by atoms with Crippen molar-refractivity contribution in [2.45, 2.75) is 6.92 Å². The minimum absolute atomic E-state index is 0.171. The van der Waals surface area contributed by atoms with Crippen molar-refractivity contribution in [3.63, 3.8) is 0 Å². The monoisotopic (exact) mass is 428 g/mol. The number of anilines is 1. The molecule has 30 heavy (non-hydrogen) atoms. The molecule has 8 nitrogen and oxygen atoms in total. The highest BCUT2D eigenvalue weighted by Gasteiger charge is 2.10. The second-order valence-electron chi connectivity index (χ2n) is 6.02. The lowest BCUT2D eigenvalue weighted by molar-refractivity contribution is -0.139. The Morgan fingerprint density at radius 3 is 2.57 bits per heavy atom. The summed E-state index contributed by atoms with van der Waals surface area (Å²) in [5, 5.41) is 9.36. The normalized spacial score (nSPS) is 10.3. The molecule has 0 aliphatic rings. The maximum absolute atomic E-state index is 12.1. The summed E-state index contributed by atoms with van der Waals surface area (Å²) in [6.07, 6.45) is 2.83. The molecule has 2 rings (SSSR count). The van der Waals surface area contributed by atoms with E-state index in [9.17, 15) is 14.4 Å². The molecule has 2 aromatic rings. The van der Waals surface area contributed by atoms with E-state index in [1.807, 2.05) is 6.92 Å². The second kappa shape index (κ2) is 11.4. The Hall–Kier alpha value is -3.65. The van der Waals surface area contributed by atoms with Crippen LogP contribution in [0.25, 0.3) is 0 Å². The molecule has 0 bridgehead atoms. The highest BCUT2D eigenvalue weighted by molar-refractivity contribution is 6.35. The number of hydrogen-bond donors (Lipinski definition) is 3. The van der Waals surface area contributed by atoms with Gasteiger partial charge in [-0.2, -0.15) is 5.10 Å². The van der Waals surface area contributed by atoms with Crippen LogP contribution in [0.1, 0.15) is 11.1 Å². The van der Waals surface area contributed by atoms with E-state index in [1.54, 1.807) is 42.5 Å². The molecule has 0 atom stereocenters. The molecule has 0 saturated carbocycles. The Labute approximate surface area is 178 Å². The highest BCUT2D eigenvalue weighted by atomic mass is 35.5. The number of amides is 3. The van der Waals surface area contributed by atoms with E-state index >= 15 is 0 Å². The number of ether oxygens (including phenoxy) is 1. The lowest BCUT2D eigenvalue weighted by Crippen LogP contribution is -2.37. The van der Waals surface area contributed by atoms with Gasteiger partial charge < -0.3 is 15.4 Å². The first-order valence-electron chi connectivity index (χ1n) is 8.90. The molecule has 0 radical (unpaired) electrons. The van der Waals surface area contributed by atoms with Crippen molar-refractivity contribution in [1.29, 1.82) is 0 Å². The number of halogens is 1. The fourth-order valence-corrected chi connectivity index (χ4v) is 2.36. The van der Waals surface area contributed by atoms with Gasteiger partial charge in [-0.05, 0) is 54.4 Å². The van der Waals surface area contributed by atoms with Gasteiger partial charge in [-0.15, -0.1) is 6.58 Å². The largest absolute Gasteiger partial charge is 0.484 e. The summed E-state index contributed by atoms with van der Waals surface area (Å²) in [5.74, 6) is -1.52. The quantitative estimate of drug-likeness (QED) is 0.259. The minimum atomic E-state index is -0.881. The molecule has 0 aliphatic heterocycles. The summed E-state index contributed by atoms with van der Waals surface area (Å²) in [7, 11) is 0. The molecule has 0 aliphatic carbocycles. The predicted molar refractivity (Wildman–Crippen MR) is 116 cm³/mol. The van der Waals surface area contributed by atoms with Gasteiger partial charge in [-0.3, -0.25) is 14.4 Å². The van der Waals surface area contributed by atoms with Gasteiger partial charge in [0.15, 0.2) is 6.61 Å². The van der Waals surface area contributed by atoms with Crippen molar-refractivity contribution >= 4 is 41.2 Å². The van der Waals surface area contributed by atoms with E-state index in [0.717, 1.165) is 5.56 Å². The van der Waals surface area contributed by atoms with E-state index in [2.05, 4.69) is 27.7 Å². The fourth-order valence-electron chi connectivity index (χ4n) is 2.19. The Morgan fingerprint density at radius 1 is 1.13 bits per heavy atom. The van der Waals surface area contributed by atoms with Crippen molar-refractivity contribution in [3.05, 3.63) is 71.3 Å². The molecule has 0 saturated heterocycles. The molecule has 0 spiro atoms. The zero-order chi connectivity index (χ0) is 21.9. The first kappa shape index (κ1) is 22.6. The number of hydrogen-bond acceptors (Lipinski definition) is 5. The summed E-state index contributed by atoms with van der Waals surface area (Å²) in [5.41, 5.74) is 4.18. The molecule has 2 aromatic carbocycles. The minimum Gasteiger partial charge on any atom is -0.484 e. The van der Waals surface area contributed by atoms with Crippen LogP contribution in [0, 0.1) is 6.92 Å². The molecular formula is C21H21ClN4O4. The third kappa shape index (κ3) is 7.06. The Kier molecular flexibility index (Phi) is 8.58. The van der Waals surface area contributed by atoms with Gasteiger partial charge in [0.1, 0.15) is 5.75 Å². The van der Waals surface area contributed by atoms with Gasteiger partial charge in [0.05, 0.1) is 6.21 Å². The van der Waals surface area contributed by atoms with E-state index < -0.39 is 11.8 Å². The molecule has 3 N–H and O–H groups in total. The van der Waals surface area contributed by atoms with Crippen LogP contribution in [-0.4, -0.2) is 37.1 Å². The lowest BCUT2D eigenvalue weighted by atomic mass is 10.2. The van der Waals surface area contributed by atoms with Crippen LogP contribution in [-0.2, 0) is 14.4 Å². The number of nitrogens with one attached hydrogen (secondary N) is 3. The molecule has 3 amide bonds. The van der Waals surface area contributed by atoms with Crippen molar-refractivity contribution in [2.75, 3.05) is 18.5 Å². The number of benzene rings is 2. The molecule has 0 fully saturated rings. The molecule has 9 heteroatoms. The van der Waals surface area contributed by atoms with E-state index in [0.29, 0.717) is 22.0 Å². The maximum Gasteiger partial charge on any atom is 0.329 e. The third-order valence-corrected chi connectivity index (χ3v) is 4.19. The van der Waals surface area contributed by atoms with Gasteiger partial charge in [0.25, 0.3) is 5.91 Å². The average molecular weight is 429 g/mol. The predicted octanol–water partition coefficient (Wildman–Crippen LogP) is 2.42. The molecule has 0 unspecified atom stereocenters. The average Bonchev–Trinajstić information content (AvgIpc) is 2.74. The summed E-state index contributed by atoms with van der Waals surface area (Å²) in [6.45, 7) is 5.27. The third-order valence-electron chi connectivity index (χ3n) is 3.78. The second-order valence-corrected chi connectivity index (χ2v) is 6.42. The summed E-state index contributed by atoms with van der Waals surface area (Å²) in [6, 6.07) is 11.9. The van der Waals surface area contributed by atoms with Crippen molar-refractivity contribution in [2.24, 2.45) is 5.10 Å². The van der Waals surface area contributed by atoms with Crippen LogP contribution in [0.15, 0.2) is 60.2 Å². The number of carbonyl (C=O) groups excluding carboxylic acids is 3. The van der Waals surface area contributed by atoms with Crippen molar-refractivity contribution < 1.29 is 19.1 Å².